The Morgan fingerprint density at radius 1 is 1.20 bits per heavy atom. The topological polar surface area (TPSA) is 3.24 Å². The molecule has 0 amide bonds. The lowest BCUT2D eigenvalue weighted by atomic mass is 10.4. The minimum atomic E-state index is 0.869. The molecule has 1 aliphatic rings. The third kappa shape index (κ3) is 2.76. The zero-order chi connectivity index (χ0) is 7.23. The SMILES string of the molecule is SC/C=C/CN1CCCC1. The highest BCUT2D eigenvalue weighted by Crippen LogP contribution is 2.06. The molecule has 0 atom stereocenters. The molecule has 0 aromatic heterocycles. The maximum atomic E-state index is 4.09. The highest BCUT2D eigenvalue weighted by molar-refractivity contribution is 7.80. The van der Waals surface area contributed by atoms with Crippen LogP contribution in [0.1, 0.15) is 12.8 Å². The lowest BCUT2D eigenvalue weighted by molar-refractivity contribution is 0.377. The Morgan fingerprint density at radius 3 is 2.50 bits per heavy atom. The Kier molecular flexibility index (Phi) is 3.91. The highest BCUT2D eigenvalue weighted by Gasteiger charge is 2.08. The van der Waals surface area contributed by atoms with Crippen molar-refractivity contribution < 1.29 is 0 Å². The number of hydrogen-bond donors (Lipinski definition) is 1. The van der Waals surface area contributed by atoms with Crippen molar-refractivity contribution in [1.29, 1.82) is 0 Å². The van der Waals surface area contributed by atoms with Crippen molar-refractivity contribution in [2.75, 3.05) is 25.4 Å². The van der Waals surface area contributed by atoms with Crippen molar-refractivity contribution >= 4 is 12.6 Å². The van der Waals surface area contributed by atoms with Gasteiger partial charge in [0.1, 0.15) is 0 Å². The molecule has 1 fully saturated rings. The van der Waals surface area contributed by atoms with E-state index in [9.17, 15) is 0 Å². The van der Waals surface area contributed by atoms with Gasteiger partial charge in [-0.05, 0) is 25.9 Å². The fraction of sp³-hybridized carbons (Fsp3) is 0.750. The molecule has 0 aliphatic carbocycles. The number of hydrogen-bond acceptors (Lipinski definition) is 2. The van der Waals surface area contributed by atoms with Gasteiger partial charge in [-0.15, -0.1) is 0 Å². The fourth-order valence-corrected chi connectivity index (χ4v) is 1.41. The smallest absolute Gasteiger partial charge is 0.0163 e. The predicted molar refractivity (Wildman–Crippen MR) is 48.7 cm³/mol. The second-order valence-electron chi connectivity index (χ2n) is 2.66. The first-order valence-corrected chi connectivity index (χ1v) is 4.55. The van der Waals surface area contributed by atoms with Gasteiger partial charge in [0.2, 0.25) is 0 Å². The van der Waals surface area contributed by atoms with Crippen LogP contribution in [-0.2, 0) is 0 Å². The normalized spacial score (nSPS) is 20.9. The summed E-state index contributed by atoms with van der Waals surface area (Å²) in [4.78, 5) is 2.47. The molecule has 0 unspecified atom stereocenters. The van der Waals surface area contributed by atoms with Gasteiger partial charge < -0.3 is 0 Å². The quantitative estimate of drug-likeness (QED) is 0.481. The molecule has 58 valence electrons. The second kappa shape index (κ2) is 4.80. The van der Waals surface area contributed by atoms with Gasteiger partial charge in [-0.2, -0.15) is 12.6 Å². The molecule has 0 bridgehead atoms. The maximum absolute atomic E-state index is 4.09. The molecule has 10 heavy (non-hydrogen) atoms. The van der Waals surface area contributed by atoms with Crippen molar-refractivity contribution in [3.63, 3.8) is 0 Å². The molecule has 1 saturated heterocycles. The van der Waals surface area contributed by atoms with Gasteiger partial charge >= 0.3 is 0 Å². The molecule has 1 heterocycles. The summed E-state index contributed by atoms with van der Waals surface area (Å²) in [5, 5.41) is 0. The van der Waals surface area contributed by atoms with Crippen LogP contribution in [0.2, 0.25) is 0 Å². The van der Waals surface area contributed by atoms with Gasteiger partial charge in [-0.3, -0.25) is 4.90 Å². The molecule has 1 aliphatic heterocycles. The fourth-order valence-electron chi connectivity index (χ4n) is 1.26. The largest absolute Gasteiger partial charge is 0.300 e. The van der Waals surface area contributed by atoms with Crippen LogP contribution >= 0.6 is 12.6 Å². The monoisotopic (exact) mass is 157 g/mol. The van der Waals surface area contributed by atoms with Crippen LogP contribution in [0.15, 0.2) is 12.2 Å². The van der Waals surface area contributed by atoms with Gasteiger partial charge in [-0.1, -0.05) is 12.2 Å². The van der Waals surface area contributed by atoms with Gasteiger partial charge in [0.25, 0.3) is 0 Å². The molecule has 0 aromatic rings. The van der Waals surface area contributed by atoms with E-state index >= 15 is 0 Å². The average molecular weight is 157 g/mol. The summed E-state index contributed by atoms with van der Waals surface area (Å²) in [7, 11) is 0. The molecular weight excluding hydrogens is 142 g/mol. The molecule has 0 radical (unpaired) electrons. The number of likely N-dealkylation sites (tertiary alicyclic amines) is 1. The van der Waals surface area contributed by atoms with Crippen molar-refractivity contribution in [2.45, 2.75) is 12.8 Å². The minimum absolute atomic E-state index is 0.869. The van der Waals surface area contributed by atoms with Crippen LogP contribution < -0.4 is 0 Å². The van der Waals surface area contributed by atoms with E-state index in [-0.39, 0.29) is 0 Å². The molecule has 2 heteroatoms. The van der Waals surface area contributed by atoms with Gasteiger partial charge in [-0.25, -0.2) is 0 Å². The summed E-state index contributed by atoms with van der Waals surface area (Å²) < 4.78 is 0. The molecule has 1 nitrogen and oxygen atoms in total. The van der Waals surface area contributed by atoms with Gasteiger partial charge in [0.15, 0.2) is 0 Å². The summed E-state index contributed by atoms with van der Waals surface area (Å²) in [5.74, 6) is 0.869. The summed E-state index contributed by atoms with van der Waals surface area (Å²) in [6, 6.07) is 0. The summed E-state index contributed by atoms with van der Waals surface area (Å²) >= 11 is 4.09. The van der Waals surface area contributed by atoms with E-state index in [1.807, 2.05) is 0 Å². The van der Waals surface area contributed by atoms with E-state index in [2.05, 4.69) is 29.7 Å². The minimum Gasteiger partial charge on any atom is -0.300 e. The van der Waals surface area contributed by atoms with Crippen molar-refractivity contribution in [2.24, 2.45) is 0 Å². The van der Waals surface area contributed by atoms with Crippen LogP contribution in [0.5, 0.6) is 0 Å². The Hall–Kier alpha value is 0.0500. The van der Waals surface area contributed by atoms with E-state index in [0.29, 0.717) is 0 Å². The van der Waals surface area contributed by atoms with Crippen molar-refractivity contribution in [1.82, 2.24) is 4.90 Å². The molecule has 0 N–H and O–H groups in total. The lowest BCUT2D eigenvalue weighted by Crippen LogP contribution is -2.18. The van der Waals surface area contributed by atoms with Gasteiger partial charge in [0.05, 0.1) is 0 Å². The summed E-state index contributed by atoms with van der Waals surface area (Å²) in [6.07, 6.45) is 7.09. The molecule has 0 spiro atoms. The third-order valence-corrected chi connectivity index (χ3v) is 2.05. The summed E-state index contributed by atoms with van der Waals surface area (Å²) in [6.45, 7) is 3.70. The zero-order valence-corrected chi connectivity index (χ0v) is 7.19. The number of rotatable bonds is 3. The zero-order valence-electron chi connectivity index (χ0n) is 6.29. The predicted octanol–water partition coefficient (Wildman–Crippen LogP) is 1.57. The first-order valence-electron chi connectivity index (χ1n) is 3.91. The third-order valence-electron chi connectivity index (χ3n) is 1.83. The highest BCUT2D eigenvalue weighted by atomic mass is 32.1. The standard InChI is InChI=1S/C8H15NS/c10-8-4-3-7-9-5-1-2-6-9/h3-4,10H,1-2,5-8H2/b4-3+. The van der Waals surface area contributed by atoms with E-state index in [1.165, 1.54) is 25.9 Å². The second-order valence-corrected chi connectivity index (χ2v) is 3.03. The first kappa shape index (κ1) is 8.15. The Bertz CT molecular complexity index is 106. The van der Waals surface area contributed by atoms with Crippen molar-refractivity contribution in [3.05, 3.63) is 12.2 Å². The van der Waals surface area contributed by atoms with E-state index in [0.717, 1.165) is 12.3 Å². The Labute approximate surface area is 68.5 Å². The maximum Gasteiger partial charge on any atom is 0.0163 e. The van der Waals surface area contributed by atoms with Crippen molar-refractivity contribution in [3.8, 4) is 0 Å². The molecule has 1 rings (SSSR count). The number of thiol groups is 1. The molecular formula is C8H15NS. The van der Waals surface area contributed by atoms with E-state index in [1.54, 1.807) is 0 Å². The van der Waals surface area contributed by atoms with E-state index in [4.69, 9.17) is 0 Å². The van der Waals surface area contributed by atoms with E-state index < -0.39 is 0 Å². The number of nitrogens with zero attached hydrogens (tertiary/aromatic N) is 1. The Morgan fingerprint density at radius 2 is 1.90 bits per heavy atom. The first-order chi connectivity index (χ1) is 4.93. The van der Waals surface area contributed by atoms with Crippen LogP contribution in [-0.4, -0.2) is 30.3 Å². The molecule has 0 saturated carbocycles. The Balaban J connectivity index is 2.06. The lowest BCUT2D eigenvalue weighted by Gasteiger charge is -2.09. The molecule has 0 aromatic carbocycles. The van der Waals surface area contributed by atoms with Crippen LogP contribution in [0.25, 0.3) is 0 Å². The summed E-state index contributed by atoms with van der Waals surface area (Å²) in [5.41, 5.74) is 0. The van der Waals surface area contributed by atoms with Crippen LogP contribution in [0.4, 0.5) is 0 Å². The van der Waals surface area contributed by atoms with Gasteiger partial charge in [0, 0.05) is 12.3 Å². The van der Waals surface area contributed by atoms with Crippen LogP contribution in [0.3, 0.4) is 0 Å². The van der Waals surface area contributed by atoms with Crippen LogP contribution in [0, 0.1) is 0 Å². The average Bonchev–Trinajstić information content (AvgIpc) is 2.41.